The van der Waals surface area contributed by atoms with Gasteiger partial charge in [0, 0.05) is 37.7 Å². The van der Waals surface area contributed by atoms with Crippen molar-refractivity contribution in [3.05, 3.63) is 35.9 Å². The zero-order valence-corrected chi connectivity index (χ0v) is 15.9. The Balaban J connectivity index is 2.14. The first kappa shape index (κ1) is 19.7. The molecule has 3 atom stereocenters. The molecule has 1 saturated carbocycles. The number of carboxylic acid groups (broad SMARTS) is 1. The molecule has 0 saturated heterocycles. The molecule has 2 rings (SSSR count). The molecule has 1 aliphatic rings. The Kier molecular flexibility index (Phi) is 7.26. The van der Waals surface area contributed by atoms with E-state index in [0.29, 0.717) is 25.2 Å². The summed E-state index contributed by atoms with van der Waals surface area (Å²) >= 11 is 0. The van der Waals surface area contributed by atoms with Crippen LogP contribution in [-0.4, -0.2) is 59.9 Å². The second kappa shape index (κ2) is 9.20. The van der Waals surface area contributed by atoms with Crippen LogP contribution in [0.3, 0.4) is 0 Å². The average Bonchev–Trinajstić information content (AvgIpc) is 2.60. The van der Waals surface area contributed by atoms with Crippen molar-refractivity contribution in [3.8, 4) is 0 Å². The van der Waals surface area contributed by atoms with E-state index in [-0.39, 0.29) is 12.0 Å². The van der Waals surface area contributed by atoms with Crippen LogP contribution in [0, 0.1) is 5.92 Å². The molecule has 1 N–H and O–H groups in total. The Morgan fingerprint density at radius 2 is 1.96 bits per heavy atom. The van der Waals surface area contributed by atoms with Crippen molar-refractivity contribution < 1.29 is 14.6 Å². The van der Waals surface area contributed by atoms with Gasteiger partial charge in [0.25, 0.3) is 0 Å². The van der Waals surface area contributed by atoms with E-state index in [9.17, 15) is 9.90 Å². The molecule has 1 amide bonds. The molecule has 25 heavy (non-hydrogen) atoms. The number of methoxy groups -OCH3 is 1. The lowest BCUT2D eigenvalue weighted by Crippen LogP contribution is -2.51. The van der Waals surface area contributed by atoms with E-state index in [1.54, 1.807) is 12.0 Å². The third-order valence-electron chi connectivity index (χ3n) is 5.53. The molecule has 0 heterocycles. The molecule has 0 aliphatic heterocycles. The van der Waals surface area contributed by atoms with E-state index in [1.807, 2.05) is 30.3 Å². The molecule has 0 bridgehead atoms. The van der Waals surface area contributed by atoms with Crippen molar-refractivity contribution in [2.75, 3.05) is 20.8 Å². The second-order valence-corrected chi connectivity index (χ2v) is 7.40. The van der Waals surface area contributed by atoms with Gasteiger partial charge < -0.3 is 19.6 Å². The standard InChI is InChI=1S/C20H32N2O3/c1-15(2)21(3)18-10-11-19(17(12-18)14-25-4)22(20(23)24)13-16-8-6-5-7-9-16/h5-9,15,17-19H,10-14H2,1-4H3,(H,23,24)/t17?,18-,19?/m1/s1. The summed E-state index contributed by atoms with van der Waals surface area (Å²) in [5, 5.41) is 9.81. The van der Waals surface area contributed by atoms with Crippen LogP contribution >= 0.6 is 0 Å². The van der Waals surface area contributed by atoms with Crippen molar-refractivity contribution >= 4 is 6.09 Å². The van der Waals surface area contributed by atoms with Gasteiger partial charge in [-0.1, -0.05) is 30.3 Å². The minimum absolute atomic E-state index is 0.00877. The minimum Gasteiger partial charge on any atom is -0.465 e. The highest BCUT2D eigenvalue weighted by Crippen LogP contribution is 2.33. The summed E-state index contributed by atoms with van der Waals surface area (Å²) in [5.74, 6) is 0.227. The monoisotopic (exact) mass is 348 g/mol. The van der Waals surface area contributed by atoms with E-state index in [2.05, 4.69) is 25.8 Å². The van der Waals surface area contributed by atoms with Crippen molar-refractivity contribution in [3.63, 3.8) is 0 Å². The van der Waals surface area contributed by atoms with Gasteiger partial charge in [-0.25, -0.2) is 4.79 Å². The maximum absolute atomic E-state index is 12.0. The molecule has 5 heteroatoms. The minimum atomic E-state index is -0.842. The van der Waals surface area contributed by atoms with Crippen LogP contribution in [0.1, 0.15) is 38.7 Å². The molecular formula is C20H32N2O3. The van der Waals surface area contributed by atoms with Crippen LogP contribution in [0.2, 0.25) is 0 Å². The highest BCUT2D eigenvalue weighted by Gasteiger charge is 2.37. The summed E-state index contributed by atoms with van der Waals surface area (Å²) in [7, 11) is 3.87. The Morgan fingerprint density at radius 1 is 1.28 bits per heavy atom. The molecule has 1 fully saturated rings. The lowest BCUT2D eigenvalue weighted by Gasteiger charge is -2.44. The maximum atomic E-state index is 12.0. The van der Waals surface area contributed by atoms with Crippen molar-refractivity contribution in [2.24, 2.45) is 5.92 Å². The summed E-state index contributed by atoms with van der Waals surface area (Å²) in [6.07, 6.45) is 2.05. The molecular weight excluding hydrogens is 316 g/mol. The first-order valence-electron chi connectivity index (χ1n) is 9.18. The van der Waals surface area contributed by atoms with Gasteiger partial charge in [0.1, 0.15) is 0 Å². The van der Waals surface area contributed by atoms with E-state index >= 15 is 0 Å². The highest BCUT2D eigenvalue weighted by atomic mass is 16.5. The lowest BCUT2D eigenvalue weighted by atomic mass is 9.80. The van der Waals surface area contributed by atoms with Crippen LogP contribution in [0.25, 0.3) is 0 Å². The van der Waals surface area contributed by atoms with Crippen LogP contribution in [0.4, 0.5) is 4.79 Å². The Hall–Kier alpha value is -1.59. The van der Waals surface area contributed by atoms with Gasteiger partial charge in [-0.15, -0.1) is 0 Å². The van der Waals surface area contributed by atoms with Gasteiger partial charge >= 0.3 is 6.09 Å². The third-order valence-corrected chi connectivity index (χ3v) is 5.53. The van der Waals surface area contributed by atoms with Gasteiger partial charge in [-0.05, 0) is 45.7 Å². The van der Waals surface area contributed by atoms with Gasteiger partial charge in [-0.3, -0.25) is 0 Å². The van der Waals surface area contributed by atoms with E-state index < -0.39 is 6.09 Å². The zero-order chi connectivity index (χ0) is 18.4. The van der Waals surface area contributed by atoms with Crippen molar-refractivity contribution in [1.29, 1.82) is 0 Å². The molecule has 140 valence electrons. The number of benzene rings is 1. The largest absolute Gasteiger partial charge is 0.465 e. The van der Waals surface area contributed by atoms with Crippen LogP contribution in [-0.2, 0) is 11.3 Å². The predicted molar refractivity (Wildman–Crippen MR) is 99.7 cm³/mol. The smallest absolute Gasteiger partial charge is 0.407 e. The van der Waals surface area contributed by atoms with E-state index in [1.165, 1.54) is 0 Å². The van der Waals surface area contributed by atoms with Gasteiger partial charge in [0.15, 0.2) is 0 Å². The van der Waals surface area contributed by atoms with Crippen molar-refractivity contribution in [1.82, 2.24) is 9.80 Å². The number of ether oxygens (including phenoxy) is 1. The fourth-order valence-corrected chi connectivity index (χ4v) is 3.93. The van der Waals surface area contributed by atoms with Crippen LogP contribution in [0.15, 0.2) is 30.3 Å². The lowest BCUT2D eigenvalue weighted by molar-refractivity contribution is 0.0133. The first-order valence-corrected chi connectivity index (χ1v) is 9.18. The fraction of sp³-hybridized carbons (Fsp3) is 0.650. The Labute approximate surface area is 151 Å². The van der Waals surface area contributed by atoms with Gasteiger partial charge in [0.05, 0.1) is 6.61 Å². The first-order chi connectivity index (χ1) is 11.9. The normalized spacial score (nSPS) is 23.8. The molecule has 1 aromatic rings. The molecule has 2 unspecified atom stereocenters. The number of carbonyl (C=O) groups is 1. The highest BCUT2D eigenvalue weighted by molar-refractivity contribution is 5.65. The summed E-state index contributed by atoms with van der Waals surface area (Å²) in [5.41, 5.74) is 1.03. The van der Waals surface area contributed by atoms with Crippen molar-refractivity contribution in [2.45, 2.75) is 57.8 Å². The number of nitrogens with zero attached hydrogens (tertiary/aromatic N) is 2. The molecule has 0 radical (unpaired) electrons. The third kappa shape index (κ3) is 5.19. The van der Waals surface area contributed by atoms with Gasteiger partial charge in [-0.2, -0.15) is 0 Å². The SMILES string of the molecule is COCC1C[C@H](N(C)C(C)C)CCC1N(Cc1ccccc1)C(=O)O. The fourth-order valence-electron chi connectivity index (χ4n) is 3.93. The molecule has 0 aromatic heterocycles. The summed E-state index contributed by atoms with van der Waals surface area (Å²) in [6, 6.07) is 10.8. The number of hydrogen-bond donors (Lipinski definition) is 1. The summed E-state index contributed by atoms with van der Waals surface area (Å²) in [6.45, 7) is 5.45. The Morgan fingerprint density at radius 3 is 2.52 bits per heavy atom. The quantitative estimate of drug-likeness (QED) is 0.816. The topological polar surface area (TPSA) is 53.0 Å². The number of rotatable bonds is 7. The second-order valence-electron chi connectivity index (χ2n) is 7.40. The molecule has 5 nitrogen and oxygen atoms in total. The Bertz CT molecular complexity index is 535. The van der Waals surface area contributed by atoms with Crippen LogP contribution < -0.4 is 0 Å². The van der Waals surface area contributed by atoms with E-state index in [0.717, 1.165) is 24.8 Å². The summed E-state index contributed by atoms with van der Waals surface area (Å²) in [4.78, 5) is 16.0. The van der Waals surface area contributed by atoms with Gasteiger partial charge in [0.2, 0.25) is 0 Å². The van der Waals surface area contributed by atoms with Crippen LogP contribution in [0.5, 0.6) is 0 Å². The molecule has 1 aromatic carbocycles. The van der Waals surface area contributed by atoms with E-state index in [4.69, 9.17) is 4.74 Å². The number of amides is 1. The number of hydrogen-bond acceptors (Lipinski definition) is 3. The molecule has 1 aliphatic carbocycles. The average molecular weight is 348 g/mol. The maximum Gasteiger partial charge on any atom is 0.407 e. The predicted octanol–water partition coefficient (Wildman–Crippen LogP) is 3.69. The summed E-state index contributed by atoms with van der Waals surface area (Å²) < 4.78 is 5.44. The molecule has 0 spiro atoms. The zero-order valence-electron chi connectivity index (χ0n) is 15.9.